The van der Waals surface area contributed by atoms with Crippen molar-refractivity contribution in [3.05, 3.63) is 24.3 Å². The van der Waals surface area contributed by atoms with Gasteiger partial charge in [0, 0.05) is 11.9 Å². The summed E-state index contributed by atoms with van der Waals surface area (Å²) in [4.78, 5) is 11.9. The second-order valence-corrected chi connectivity index (χ2v) is 6.57. The molecule has 0 aromatic heterocycles. The first kappa shape index (κ1) is 14.7. The van der Waals surface area contributed by atoms with Crippen molar-refractivity contribution in [3.8, 4) is 0 Å². The van der Waals surface area contributed by atoms with E-state index in [0.717, 1.165) is 6.26 Å². The summed E-state index contributed by atoms with van der Waals surface area (Å²) >= 11 is 0. The molecule has 0 aliphatic carbocycles. The van der Waals surface area contributed by atoms with Gasteiger partial charge in [0.1, 0.15) is 0 Å². The van der Waals surface area contributed by atoms with E-state index >= 15 is 0 Å². The van der Waals surface area contributed by atoms with E-state index in [9.17, 15) is 13.2 Å². The fraction of sp³-hybridized carbons (Fsp3) is 0.417. The summed E-state index contributed by atoms with van der Waals surface area (Å²) in [6.07, 6.45) is 1.12. The topological polar surface area (TPSA) is 89.3 Å². The number of hydrogen-bond donors (Lipinski definition) is 2. The van der Waals surface area contributed by atoms with Gasteiger partial charge in [-0.25, -0.2) is 8.42 Å². The minimum atomic E-state index is -3.28. The number of rotatable bonds is 4. The van der Waals surface area contributed by atoms with Crippen LogP contribution in [0.5, 0.6) is 0 Å². The minimum Gasteiger partial charge on any atom is -0.325 e. The smallest absolute Gasteiger partial charge is 0.241 e. The zero-order chi connectivity index (χ0) is 13.9. The molecule has 0 aliphatic heterocycles. The molecule has 0 fully saturated rings. The lowest BCUT2D eigenvalue weighted by Gasteiger charge is -2.15. The van der Waals surface area contributed by atoms with E-state index < -0.39 is 15.9 Å². The van der Waals surface area contributed by atoms with Gasteiger partial charge in [0.2, 0.25) is 5.91 Å². The first-order valence-corrected chi connectivity index (χ1v) is 7.47. The molecule has 100 valence electrons. The van der Waals surface area contributed by atoms with E-state index in [1.165, 1.54) is 12.1 Å². The molecule has 0 bridgehead atoms. The molecule has 5 nitrogen and oxygen atoms in total. The van der Waals surface area contributed by atoms with Crippen molar-refractivity contribution in [2.45, 2.75) is 24.8 Å². The largest absolute Gasteiger partial charge is 0.325 e. The number of carbonyl (C=O) groups excluding carboxylic acids is 1. The molecule has 0 saturated carbocycles. The summed E-state index contributed by atoms with van der Waals surface area (Å²) in [5.74, 6) is -0.307. The van der Waals surface area contributed by atoms with Crippen molar-refractivity contribution in [1.29, 1.82) is 0 Å². The Bertz CT molecular complexity index is 538. The Morgan fingerprint density at radius 3 is 2.44 bits per heavy atom. The van der Waals surface area contributed by atoms with Gasteiger partial charge in [-0.05, 0) is 24.1 Å². The van der Waals surface area contributed by atoms with Crippen molar-refractivity contribution >= 4 is 21.4 Å². The monoisotopic (exact) mass is 270 g/mol. The molecule has 1 aromatic rings. The van der Waals surface area contributed by atoms with Crippen molar-refractivity contribution in [3.63, 3.8) is 0 Å². The normalized spacial score (nSPS) is 13.4. The lowest BCUT2D eigenvalue weighted by Crippen LogP contribution is -2.39. The van der Waals surface area contributed by atoms with Crippen LogP contribution in [0.1, 0.15) is 13.8 Å². The quantitative estimate of drug-likeness (QED) is 0.854. The van der Waals surface area contributed by atoms with E-state index in [-0.39, 0.29) is 16.7 Å². The van der Waals surface area contributed by atoms with E-state index in [2.05, 4.69) is 5.32 Å². The SMILES string of the molecule is CC(C)[C@@H](N)C(=O)Nc1cccc(S(C)(=O)=O)c1. The molecule has 6 heteroatoms. The van der Waals surface area contributed by atoms with Crippen molar-refractivity contribution in [2.75, 3.05) is 11.6 Å². The molecule has 1 rings (SSSR count). The predicted octanol–water partition coefficient (Wildman–Crippen LogP) is 1.01. The van der Waals surface area contributed by atoms with Crippen LogP contribution >= 0.6 is 0 Å². The third-order valence-electron chi connectivity index (χ3n) is 2.55. The molecule has 3 N–H and O–H groups in total. The zero-order valence-electron chi connectivity index (χ0n) is 10.7. The maximum Gasteiger partial charge on any atom is 0.241 e. The van der Waals surface area contributed by atoms with Crippen LogP contribution < -0.4 is 11.1 Å². The molecule has 0 radical (unpaired) electrons. The second-order valence-electron chi connectivity index (χ2n) is 4.56. The average molecular weight is 270 g/mol. The molecule has 1 amide bonds. The Morgan fingerprint density at radius 2 is 1.94 bits per heavy atom. The van der Waals surface area contributed by atoms with Gasteiger partial charge in [0.15, 0.2) is 9.84 Å². The molecule has 0 saturated heterocycles. The highest BCUT2D eigenvalue weighted by atomic mass is 32.2. The van der Waals surface area contributed by atoms with Crippen LogP contribution in [-0.4, -0.2) is 26.6 Å². The Kier molecular flexibility index (Phi) is 4.48. The van der Waals surface area contributed by atoms with E-state index in [0.29, 0.717) is 5.69 Å². The van der Waals surface area contributed by atoms with Crippen molar-refractivity contribution < 1.29 is 13.2 Å². The third-order valence-corrected chi connectivity index (χ3v) is 3.66. The highest BCUT2D eigenvalue weighted by Crippen LogP contribution is 2.15. The van der Waals surface area contributed by atoms with Gasteiger partial charge >= 0.3 is 0 Å². The number of benzene rings is 1. The summed E-state index contributed by atoms with van der Waals surface area (Å²) in [5.41, 5.74) is 6.13. The maximum atomic E-state index is 11.7. The molecule has 1 atom stereocenters. The Balaban J connectivity index is 2.90. The summed E-state index contributed by atoms with van der Waals surface area (Å²) in [6, 6.07) is 5.48. The first-order valence-electron chi connectivity index (χ1n) is 5.58. The van der Waals surface area contributed by atoms with Crippen LogP contribution in [0.2, 0.25) is 0 Å². The number of nitrogens with two attached hydrogens (primary N) is 1. The zero-order valence-corrected chi connectivity index (χ0v) is 11.5. The summed E-state index contributed by atoms with van der Waals surface area (Å²) in [7, 11) is -3.28. The van der Waals surface area contributed by atoms with Gasteiger partial charge in [-0.2, -0.15) is 0 Å². The van der Waals surface area contributed by atoms with Gasteiger partial charge in [0.05, 0.1) is 10.9 Å². The summed E-state index contributed by atoms with van der Waals surface area (Å²) < 4.78 is 22.8. The molecular formula is C12H18N2O3S. The van der Waals surface area contributed by atoms with Gasteiger partial charge in [-0.3, -0.25) is 4.79 Å². The first-order chi connectivity index (χ1) is 8.21. The Labute approximate surface area is 107 Å². The number of anilines is 1. The molecule has 0 unspecified atom stereocenters. The highest BCUT2D eigenvalue weighted by Gasteiger charge is 2.17. The lowest BCUT2D eigenvalue weighted by atomic mass is 10.1. The van der Waals surface area contributed by atoms with Gasteiger partial charge < -0.3 is 11.1 Å². The molecule has 1 aromatic carbocycles. The van der Waals surface area contributed by atoms with Gasteiger partial charge in [0.25, 0.3) is 0 Å². The third kappa shape index (κ3) is 3.82. The van der Waals surface area contributed by atoms with Crippen LogP contribution in [-0.2, 0) is 14.6 Å². The fourth-order valence-electron chi connectivity index (χ4n) is 1.33. The van der Waals surface area contributed by atoms with Gasteiger partial charge in [-0.15, -0.1) is 0 Å². The van der Waals surface area contributed by atoms with Crippen LogP contribution in [0.3, 0.4) is 0 Å². The number of nitrogens with one attached hydrogen (secondary N) is 1. The lowest BCUT2D eigenvalue weighted by molar-refractivity contribution is -0.118. The number of carbonyl (C=O) groups is 1. The number of sulfone groups is 1. The van der Waals surface area contributed by atoms with E-state index in [1.807, 2.05) is 13.8 Å². The molecule has 0 spiro atoms. The molecule has 0 aliphatic rings. The maximum absolute atomic E-state index is 11.7. The molecular weight excluding hydrogens is 252 g/mol. The van der Waals surface area contributed by atoms with Gasteiger partial charge in [-0.1, -0.05) is 19.9 Å². The van der Waals surface area contributed by atoms with Crippen LogP contribution in [0.15, 0.2) is 29.2 Å². The van der Waals surface area contributed by atoms with E-state index in [4.69, 9.17) is 5.73 Å². The predicted molar refractivity (Wildman–Crippen MR) is 71.0 cm³/mol. The van der Waals surface area contributed by atoms with Crippen molar-refractivity contribution in [2.24, 2.45) is 11.7 Å². The number of amides is 1. The Morgan fingerprint density at radius 1 is 1.33 bits per heavy atom. The van der Waals surface area contributed by atoms with Crippen molar-refractivity contribution in [1.82, 2.24) is 0 Å². The highest BCUT2D eigenvalue weighted by molar-refractivity contribution is 7.90. The molecule has 0 heterocycles. The fourth-order valence-corrected chi connectivity index (χ4v) is 2.00. The van der Waals surface area contributed by atoms with Crippen LogP contribution in [0.25, 0.3) is 0 Å². The van der Waals surface area contributed by atoms with Crippen LogP contribution in [0, 0.1) is 5.92 Å². The van der Waals surface area contributed by atoms with Crippen LogP contribution in [0.4, 0.5) is 5.69 Å². The minimum absolute atomic E-state index is 0.0168. The number of hydrogen-bond acceptors (Lipinski definition) is 4. The average Bonchev–Trinajstić information content (AvgIpc) is 2.27. The molecule has 18 heavy (non-hydrogen) atoms. The standard InChI is InChI=1S/C12H18N2O3S/c1-8(2)11(13)12(15)14-9-5-4-6-10(7-9)18(3,16)17/h4-8,11H,13H2,1-3H3,(H,14,15)/t11-/m1/s1. The van der Waals surface area contributed by atoms with E-state index in [1.54, 1.807) is 12.1 Å². The summed E-state index contributed by atoms with van der Waals surface area (Å²) in [6.45, 7) is 3.69. The second kappa shape index (κ2) is 5.49. The summed E-state index contributed by atoms with van der Waals surface area (Å²) in [5, 5.41) is 2.61. The Hall–Kier alpha value is -1.40.